The molecule has 2 saturated carbocycles. The van der Waals surface area contributed by atoms with Gasteiger partial charge in [-0.3, -0.25) is 0 Å². The minimum atomic E-state index is -4.65. The Bertz CT molecular complexity index is 1080. The molecule has 0 amide bonds. The largest absolute Gasteiger partial charge is 0.432 e. The van der Waals surface area contributed by atoms with Crippen LogP contribution in [0.4, 0.5) is 35.1 Å². The van der Waals surface area contributed by atoms with Crippen LogP contribution >= 0.6 is 0 Å². The Labute approximate surface area is 222 Å². The maximum Gasteiger partial charge on any atom is 0.432 e. The third-order valence-corrected chi connectivity index (χ3v) is 8.28. The lowest BCUT2D eigenvalue weighted by molar-refractivity contribution is -0.189. The molecular formula is C29H32F8O2. The van der Waals surface area contributed by atoms with Crippen LogP contribution in [0.2, 0.25) is 0 Å². The molecule has 0 atom stereocenters. The van der Waals surface area contributed by atoms with Crippen LogP contribution in [0.1, 0.15) is 88.2 Å². The number of alkyl halides is 4. The van der Waals surface area contributed by atoms with E-state index >= 15 is 0 Å². The summed E-state index contributed by atoms with van der Waals surface area (Å²) in [4.78, 5) is 0. The number of hydrogen-bond acceptors (Lipinski definition) is 2. The van der Waals surface area contributed by atoms with Crippen molar-refractivity contribution in [3.8, 4) is 11.5 Å². The highest BCUT2D eigenvalue weighted by atomic mass is 19.3. The van der Waals surface area contributed by atoms with Crippen molar-refractivity contribution in [2.75, 3.05) is 0 Å². The molecule has 0 N–H and O–H groups in total. The minimum absolute atomic E-state index is 0.160. The third-order valence-electron chi connectivity index (χ3n) is 8.28. The van der Waals surface area contributed by atoms with Crippen LogP contribution in [0.25, 0.3) is 0 Å². The second kappa shape index (κ2) is 12.3. The maximum absolute atomic E-state index is 14.8. The summed E-state index contributed by atoms with van der Waals surface area (Å²) < 4.78 is 119. The molecule has 0 spiro atoms. The lowest BCUT2D eigenvalue weighted by Gasteiger charge is -2.38. The lowest BCUT2D eigenvalue weighted by Crippen LogP contribution is -2.27. The fraction of sp³-hybridized carbons (Fsp3) is 0.586. The van der Waals surface area contributed by atoms with Crippen LogP contribution in [0, 0.1) is 41.0 Å². The molecule has 0 aliphatic heterocycles. The zero-order valence-electron chi connectivity index (χ0n) is 21.6. The Morgan fingerprint density at radius 2 is 1.28 bits per heavy atom. The fourth-order valence-electron chi connectivity index (χ4n) is 6.38. The second-order valence-corrected chi connectivity index (χ2v) is 10.8. The number of rotatable bonds is 9. The molecule has 2 nitrogen and oxygen atoms in total. The van der Waals surface area contributed by atoms with E-state index in [-0.39, 0.29) is 23.6 Å². The van der Waals surface area contributed by atoms with E-state index in [0.717, 1.165) is 30.9 Å². The van der Waals surface area contributed by atoms with Gasteiger partial charge in [0.15, 0.2) is 17.4 Å². The quantitative estimate of drug-likeness (QED) is 0.282. The molecule has 0 unspecified atom stereocenters. The first-order chi connectivity index (χ1) is 18.5. The van der Waals surface area contributed by atoms with Gasteiger partial charge in [0, 0.05) is 12.1 Å². The highest BCUT2D eigenvalue weighted by Gasteiger charge is 2.42. The van der Waals surface area contributed by atoms with Crippen molar-refractivity contribution in [3.63, 3.8) is 0 Å². The predicted molar refractivity (Wildman–Crippen MR) is 129 cm³/mol. The standard InChI is InChI=1S/C29H32F8O2/c1-2-3-16-4-6-17(7-5-16)18-8-10-19(11-9-18)20-12-22(30)26(23(31)13-20)29(36,37)39-21-14-24(32)27(25(33)15-21)38-28(34)35/h12-19,28H,2-11H2,1H3/t16-,17-,18?,19?. The van der Waals surface area contributed by atoms with Crippen LogP contribution in [0.15, 0.2) is 24.3 Å². The monoisotopic (exact) mass is 564 g/mol. The molecule has 0 bridgehead atoms. The molecule has 39 heavy (non-hydrogen) atoms. The molecule has 2 aliphatic rings. The van der Waals surface area contributed by atoms with E-state index < -0.39 is 53.1 Å². The van der Waals surface area contributed by atoms with E-state index in [2.05, 4.69) is 16.4 Å². The molecule has 0 saturated heterocycles. The van der Waals surface area contributed by atoms with E-state index in [1.807, 2.05) is 0 Å². The predicted octanol–water partition coefficient (Wildman–Crippen LogP) is 9.85. The molecule has 10 heteroatoms. The van der Waals surface area contributed by atoms with E-state index in [9.17, 15) is 35.1 Å². The van der Waals surface area contributed by atoms with Gasteiger partial charge in [0.2, 0.25) is 0 Å². The van der Waals surface area contributed by atoms with Gasteiger partial charge in [-0.1, -0.05) is 32.6 Å². The number of benzene rings is 2. The van der Waals surface area contributed by atoms with Crippen LogP contribution in [0.3, 0.4) is 0 Å². The summed E-state index contributed by atoms with van der Waals surface area (Å²) in [5, 5.41) is 0. The van der Waals surface area contributed by atoms with Crippen LogP contribution in [-0.4, -0.2) is 6.61 Å². The molecular weight excluding hydrogens is 532 g/mol. The zero-order valence-corrected chi connectivity index (χ0v) is 21.6. The SMILES string of the molecule is CCC[C@H]1CC[C@H](C2CCC(c3cc(F)c(C(F)(F)Oc4cc(F)c(OC(F)F)c(F)c4)c(F)c3)CC2)CC1. The Balaban J connectivity index is 1.42. The summed E-state index contributed by atoms with van der Waals surface area (Å²) in [6.07, 6.45) is 5.99. The van der Waals surface area contributed by atoms with Gasteiger partial charge >= 0.3 is 12.7 Å². The topological polar surface area (TPSA) is 18.5 Å². The summed E-state index contributed by atoms with van der Waals surface area (Å²) in [6, 6.07) is 2.04. The van der Waals surface area contributed by atoms with Crippen LogP contribution < -0.4 is 9.47 Å². The molecule has 2 fully saturated rings. The van der Waals surface area contributed by atoms with Crippen molar-refractivity contribution < 1.29 is 44.6 Å². The van der Waals surface area contributed by atoms with Crippen molar-refractivity contribution in [1.82, 2.24) is 0 Å². The van der Waals surface area contributed by atoms with Gasteiger partial charge in [0.05, 0.1) is 0 Å². The van der Waals surface area contributed by atoms with Crippen molar-refractivity contribution in [1.29, 1.82) is 0 Å². The van der Waals surface area contributed by atoms with Crippen LogP contribution in [0.5, 0.6) is 11.5 Å². The first-order valence-corrected chi connectivity index (χ1v) is 13.5. The average molecular weight is 565 g/mol. The number of halogens is 8. The summed E-state index contributed by atoms with van der Waals surface area (Å²) in [5.74, 6) is -7.39. The summed E-state index contributed by atoms with van der Waals surface area (Å²) in [5.41, 5.74) is -1.43. The summed E-state index contributed by atoms with van der Waals surface area (Å²) >= 11 is 0. The van der Waals surface area contributed by atoms with E-state index in [1.54, 1.807) is 0 Å². The van der Waals surface area contributed by atoms with E-state index in [0.29, 0.717) is 24.7 Å². The van der Waals surface area contributed by atoms with Gasteiger partial charge in [0.1, 0.15) is 22.9 Å². The highest BCUT2D eigenvalue weighted by molar-refractivity contribution is 5.36. The Morgan fingerprint density at radius 3 is 1.77 bits per heavy atom. The van der Waals surface area contributed by atoms with Gasteiger partial charge in [-0.25, -0.2) is 17.6 Å². The molecule has 216 valence electrons. The van der Waals surface area contributed by atoms with Crippen molar-refractivity contribution in [2.24, 2.45) is 17.8 Å². The highest BCUT2D eigenvalue weighted by Crippen LogP contribution is 2.45. The number of ether oxygens (including phenoxy) is 2. The van der Waals surface area contributed by atoms with E-state index in [1.165, 1.54) is 38.5 Å². The number of hydrogen-bond donors (Lipinski definition) is 0. The molecule has 4 rings (SSSR count). The first kappa shape index (κ1) is 29.5. The Hall–Kier alpha value is -2.52. The maximum atomic E-state index is 14.8. The van der Waals surface area contributed by atoms with Gasteiger partial charge in [-0.2, -0.15) is 17.6 Å². The molecule has 0 radical (unpaired) electrons. The molecule has 2 aliphatic carbocycles. The average Bonchev–Trinajstić information content (AvgIpc) is 2.86. The van der Waals surface area contributed by atoms with Crippen molar-refractivity contribution in [3.05, 3.63) is 58.7 Å². The normalized spacial score (nSPS) is 24.2. The van der Waals surface area contributed by atoms with Crippen LogP contribution in [-0.2, 0) is 6.11 Å². The van der Waals surface area contributed by atoms with Crippen molar-refractivity contribution in [2.45, 2.75) is 89.8 Å². The second-order valence-electron chi connectivity index (χ2n) is 10.8. The lowest BCUT2D eigenvalue weighted by atomic mass is 9.68. The summed E-state index contributed by atoms with van der Waals surface area (Å²) in [6.45, 7) is -1.36. The summed E-state index contributed by atoms with van der Waals surface area (Å²) in [7, 11) is 0. The molecule has 2 aromatic carbocycles. The Morgan fingerprint density at radius 1 is 0.769 bits per heavy atom. The van der Waals surface area contributed by atoms with Gasteiger partial charge in [-0.05, 0) is 79.9 Å². The van der Waals surface area contributed by atoms with Gasteiger partial charge < -0.3 is 9.47 Å². The fourth-order valence-corrected chi connectivity index (χ4v) is 6.38. The minimum Gasteiger partial charge on any atom is -0.429 e. The smallest absolute Gasteiger partial charge is 0.429 e. The van der Waals surface area contributed by atoms with Crippen molar-refractivity contribution >= 4 is 0 Å². The van der Waals surface area contributed by atoms with Gasteiger partial charge in [-0.15, -0.1) is 0 Å². The third kappa shape index (κ3) is 6.98. The first-order valence-electron chi connectivity index (χ1n) is 13.5. The van der Waals surface area contributed by atoms with Gasteiger partial charge in [0.25, 0.3) is 0 Å². The zero-order chi connectivity index (χ0) is 28.3. The molecule has 0 heterocycles. The molecule has 0 aromatic heterocycles. The Kier molecular flexibility index (Phi) is 9.32. The van der Waals surface area contributed by atoms with E-state index in [4.69, 9.17) is 0 Å². The molecule has 2 aromatic rings.